The van der Waals surface area contributed by atoms with E-state index >= 15 is 0 Å². The molecule has 0 amide bonds. The minimum absolute atomic E-state index is 0.259. The highest BCUT2D eigenvalue weighted by Gasteiger charge is 2.44. The fourth-order valence-corrected chi connectivity index (χ4v) is 2.94. The second-order valence-corrected chi connectivity index (χ2v) is 5.47. The lowest BCUT2D eigenvalue weighted by atomic mass is 10.0. The van der Waals surface area contributed by atoms with E-state index in [9.17, 15) is 5.11 Å². The molecule has 0 radical (unpaired) electrons. The fraction of sp³-hybridized carbons (Fsp3) is 0.333. The molecule has 3 nitrogen and oxygen atoms in total. The summed E-state index contributed by atoms with van der Waals surface area (Å²) in [6.45, 7) is 0. The number of rotatable bonds is 5. The van der Waals surface area contributed by atoms with Gasteiger partial charge in [0.1, 0.15) is 11.5 Å². The predicted octanol–water partition coefficient (Wildman–Crippen LogP) is 3.54. The molecule has 0 bridgehead atoms. The van der Waals surface area contributed by atoms with Crippen molar-refractivity contribution in [2.75, 3.05) is 14.2 Å². The topological polar surface area (TPSA) is 38.7 Å². The Morgan fingerprint density at radius 2 is 1.81 bits per heavy atom. The average molecular weight is 284 g/mol. The summed E-state index contributed by atoms with van der Waals surface area (Å²) in [4.78, 5) is 0. The molecule has 1 fully saturated rings. The van der Waals surface area contributed by atoms with Gasteiger partial charge in [0, 0.05) is 11.6 Å². The Hall–Kier alpha value is -2.00. The second kappa shape index (κ2) is 5.78. The number of benzene rings is 2. The first-order valence-corrected chi connectivity index (χ1v) is 7.19. The molecule has 3 heteroatoms. The van der Waals surface area contributed by atoms with Gasteiger partial charge in [-0.15, -0.1) is 0 Å². The van der Waals surface area contributed by atoms with Crippen LogP contribution >= 0.6 is 0 Å². The van der Waals surface area contributed by atoms with Crippen LogP contribution in [0.1, 0.15) is 29.6 Å². The zero-order chi connectivity index (χ0) is 14.8. The fourth-order valence-electron chi connectivity index (χ4n) is 2.94. The largest absolute Gasteiger partial charge is 0.497 e. The molecule has 2 aromatic carbocycles. The van der Waals surface area contributed by atoms with Gasteiger partial charge >= 0.3 is 0 Å². The summed E-state index contributed by atoms with van der Waals surface area (Å²) in [5.41, 5.74) is 2.13. The monoisotopic (exact) mass is 284 g/mol. The molecule has 0 heterocycles. The van der Waals surface area contributed by atoms with Crippen molar-refractivity contribution in [3.8, 4) is 11.5 Å². The molecule has 0 spiro atoms. The molecule has 110 valence electrons. The molecule has 21 heavy (non-hydrogen) atoms. The van der Waals surface area contributed by atoms with E-state index in [2.05, 4.69) is 12.1 Å². The van der Waals surface area contributed by atoms with E-state index in [1.807, 2.05) is 36.4 Å². The van der Waals surface area contributed by atoms with E-state index in [-0.39, 0.29) is 5.92 Å². The third kappa shape index (κ3) is 2.74. The highest BCUT2D eigenvalue weighted by molar-refractivity contribution is 5.43. The average Bonchev–Trinajstić information content (AvgIpc) is 3.35. The number of aliphatic hydroxyl groups is 1. The van der Waals surface area contributed by atoms with Crippen molar-refractivity contribution in [1.82, 2.24) is 0 Å². The first kappa shape index (κ1) is 14.0. The molecule has 0 aliphatic heterocycles. The van der Waals surface area contributed by atoms with Gasteiger partial charge in [-0.3, -0.25) is 0 Å². The first-order chi connectivity index (χ1) is 10.2. The Kier molecular flexibility index (Phi) is 3.84. The number of ether oxygens (including phenoxy) is 2. The van der Waals surface area contributed by atoms with E-state index < -0.39 is 6.10 Å². The van der Waals surface area contributed by atoms with Crippen molar-refractivity contribution in [2.24, 2.45) is 5.92 Å². The molecule has 3 rings (SSSR count). The van der Waals surface area contributed by atoms with Crippen molar-refractivity contribution in [2.45, 2.75) is 18.4 Å². The summed E-state index contributed by atoms with van der Waals surface area (Å²) in [6.07, 6.45) is 0.511. The van der Waals surface area contributed by atoms with Crippen LogP contribution in [-0.2, 0) is 0 Å². The van der Waals surface area contributed by atoms with E-state index in [0.29, 0.717) is 11.7 Å². The summed E-state index contributed by atoms with van der Waals surface area (Å²) in [5.74, 6) is 2.11. The predicted molar refractivity (Wildman–Crippen MR) is 81.8 cm³/mol. The Morgan fingerprint density at radius 3 is 2.48 bits per heavy atom. The molecule has 0 aromatic heterocycles. The molecule has 1 aliphatic carbocycles. The standard InChI is InChI=1S/C18H20O3/c1-20-13-8-9-14(17(10-13)21-2)18(19)16-11-15(16)12-6-4-3-5-7-12/h3-10,15-16,18-19H,11H2,1-2H3. The van der Waals surface area contributed by atoms with Gasteiger partial charge < -0.3 is 14.6 Å². The van der Waals surface area contributed by atoms with Gasteiger partial charge in [-0.1, -0.05) is 30.3 Å². The van der Waals surface area contributed by atoms with Crippen LogP contribution in [0.25, 0.3) is 0 Å². The summed E-state index contributed by atoms with van der Waals surface area (Å²) < 4.78 is 10.6. The Bertz CT molecular complexity index is 609. The van der Waals surface area contributed by atoms with Gasteiger partial charge in [0.15, 0.2) is 0 Å². The molecular formula is C18H20O3. The van der Waals surface area contributed by atoms with Gasteiger partial charge in [-0.05, 0) is 36.0 Å². The minimum atomic E-state index is -0.504. The smallest absolute Gasteiger partial charge is 0.128 e. The van der Waals surface area contributed by atoms with Crippen LogP contribution in [0.5, 0.6) is 11.5 Å². The van der Waals surface area contributed by atoms with E-state index in [4.69, 9.17) is 9.47 Å². The van der Waals surface area contributed by atoms with E-state index in [0.717, 1.165) is 17.7 Å². The molecular weight excluding hydrogens is 264 g/mol. The molecule has 0 saturated heterocycles. The minimum Gasteiger partial charge on any atom is -0.497 e. The lowest BCUT2D eigenvalue weighted by molar-refractivity contribution is 0.147. The molecule has 1 N–H and O–H groups in total. The van der Waals surface area contributed by atoms with E-state index in [1.165, 1.54) is 5.56 Å². The molecule has 1 aliphatic rings. The zero-order valence-electron chi connectivity index (χ0n) is 12.3. The third-order valence-corrected chi connectivity index (χ3v) is 4.23. The first-order valence-electron chi connectivity index (χ1n) is 7.19. The van der Waals surface area contributed by atoms with Crippen LogP contribution in [0, 0.1) is 5.92 Å². The maximum atomic E-state index is 10.6. The summed E-state index contributed by atoms with van der Waals surface area (Å²) in [6, 6.07) is 15.9. The SMILES string of the molecule is COc1ccc(C(O)C2CC2c2ccccc2)c(OC)c1. The summed E-state index contributed by atoms with van der Waals surface area (Å²) in [5, 5.41) is 10.6. The lowest BCUT2D eigenvalue weighted by Gasteiger charge is -2.16. The third-order valence-electron chi connectivity index (χ3n) is 4.23. The van der Waals surface area contributed by atoms with Gasteiger partial charge in [0.25, 0.3) is 0 Å². The number of methoxy groups -OCH3 is 2. The van der Waals surface area contributed by atoms with Gasteiger partial charge in [0.05, 0.1) is 20.3 Å². The number of hydrogen-bond acceptors (Lipinski definition) is 3. The number of aliphatic hydroxyl groups excluding tert-OH is 1. The Balaban J connectivity index is 1.79. The second-order valence-electron chi connectivity index (χ2n) is 5.47. The van der Waals surface area contributed by atoms with Crippen LogP contribution in [0.2, 0.25) is 0 Å². The Labute approximate surface area is 125 Å². The van der Waals surface area contributed by atoms with Crippen LogP contribution in [0.15, 0.2) is 48.5 Å². The molecule has 3 atom stereocenters. The highest BCUT2D eigenvalue weighted by atomic mass is 16.5. The lowest BCUT2D eigenvalue weighted by Crippen LogP contribution is -2.04. The van der Waals surface area contributed by atoms with Crippen molar-refractivity contribution < 1.29 is 14.6 Å². The van der Waals surface area contributed by atoms with Crippen molar-refractivity contribution >= 4 is 0 Å². The van der Waals surface area contributed by atoms with Crippen molar-refractivity contribution in [1.29, 1.82) is 0 Å². The molecule has 2 aromatic rings. The zero-order valence-corrected chi connectivity index (χ0v) is 12.3. The number of hydrogen-bond donors (Lipinski definition) is 1. The normalized spacial score (nSPS) is 21.7. The van der Waals surface area contributed by atoms with Gasteiger partial charge in [0.2, 0.25) is 0 Å². The summed E-state index contributed by atoms with van der Waals surface area (Å²) >= 11 is 0. The van der Waals surface area contributed by atoms with Crippen LogP contribution in [-0.4, -0.2) is 19.3 Å². The highest BCUT2D eigenvalue weighted by Crippen LogP contribution is 2.55. The van der Waals surface area contributed by atoms with Crippen LogP contribution < -0.4 is 9.47 Å². The van der Waals surface area contributed by atoms with Crippen molar-refractivity contribution in [3.05, 3.63) is 59.7 Å². The van der Waals surface area contributed by atoms with Gasteiger partial charge in [-0.25, -0.2) is 0 Å². The van der Waals surface area contributed by atoms with E-state index in [1.54, 1.807) is 14.2 Å². The van der Waals surface area contributed by atoms with Crippen LogP contribution in [0.4, 0.5) is 0 Å². The summed E-state index contributed by atoms with van der Waals surface area (Å²) in [7, 11) is 3.24. The van der Waals surface area contributed by atoms with Crippen LogP contribution in [0.3, 0.4) is 0 Å². The Morgan fingerprint density at radius 1 is 1.05 bits per heavy atom. The van der Waals surface area contributed by atoms with Gasteiger partial charge in [-0.2, -0.15) is 0 Å². The molecule has 1 saturated carbocycles. The molecule has 3 unspecified atom stereocenters. The maximum Gasteiger partial charge on any atom is 0.128 e. The van der Waals surface area contributed by atoms with Crippen molar-refractivity contribution in [3.63, 3.8) is 0 Å². The quantitative estimate of drug-likeness (QED) is 0.912. The maximum absolute atomic E-state index is 10.6.